The fourth-order valence-corrected chi connectivity index (χ4v) is 3.86. The maximum absolute atomic E-state index is 12.1. The number of benzene rings is 2. The first kappa shape index (κ1) is 23.3. The van der Waals surface area contributed by atoms with Crippen molar-refractivity contribution in [2.75, 3.05) is 39.3 Å². The van der Waals surface area contributed by atoms with Gasteiger partial charge in [0.05, 0.1) is 6.61 Å². The Balaban J connectivity index is 1.27. The number of rotatable bonds is 11. The number of unbranched alkanes of at least 4 members (excludes halogenated alkanes) is 1. The van der Waals surface area contributed by atoms with Gasteiger partial charge in [-0.05, 0) is 55.1 Å². The molecule has 2 aromatic rings. The molecule has 31 heavy (non-hydrogen) atoms. The van der Waals surface area contributed by atoms with Crippen molar-refractivity contribution in [1.82, 2.24) is 15.1 Å². The van der Waals surface area contributed by atoms with E-state index in [0.29, 0.717) is 19.6 Å². The first-order valence-corrected chi connectivity index (χ1v) is 11.6. The van der Waals surface area contributed by atoms with Gasteiger partial charge in [0.2, 0.25) is 5.91 Å². The molecule has 5 nitrogen and oxygen atoms in total. The summed E-state index contributed by atoms with van der Waals surface area (Å²) in [6.07, 6.45) is 2.25. The number of ether oxygens (including phenoxy) is 1. The number of carbonyl (C=O) groups is 1. The number of aryl methyl sites for hydroxylation is 1. The maximum Gasteiger partial charge on any atom is 0.220 e. The number of carbonyl (C=O) groups excluding carboxylic acids is 1. The first-order valence-electron chi connectivity index (χ1n) is 11.6. The third-order valence-electron chi connectivity index (χ3n) is 5.89. The SMILES string of the molecule is CCN1CCN(Cc2ccc(CNC(=O)CCCCOc3cccc(C)c3)cc2)CC1. The molecule has 1 N–H and O–H groups in total. The minimum atomic E-state index is 0.105. The summed E-state index contributed by atoms with van der Waals surface area (Å²) in [5, 5.41) is 3.03. The van der Waals surface area contributed by atoms with Gasteiger partial charge in [0.1, 0.15) is 5.75 Å². The molecule has 0 saturated carbocycles. The van der Waals surface area contributed by atoms with E-state index in [1.807, 2.05) is 18.2 Å². The Hall–Kier alpha value is -2.37. The molecule has 0 unspecified atom stereocenters. The number of nitrogens with one attached hydrogen (secondary N) is 1. The molecule has 1 heterocycles. The summed E-state index contributed by atoms with van der Waals surface area (Å²) in [4.78, 5) is 17.1. The lowest BCUT2D eigenvalue weighted by molar-refractivity contribution is -0.121. The summed E-state index contributed by atoms with van der Waals surface area (Å²) in [7, 11) is 0. The highest BCUT2D eigenvalue weighted by atomic mass is 16.5. The zero-order valence-corrected chi connectivity index (χ0v) is 19.1. The van der Waals surface area contributed by atoms with Crippen molar-refractivity contribution in [1.29, 1.82) is 0 Å². The molecular weight excluding hydrogens is 386 g/mol. The first-order chi connectivity index (χ1) is 15.1. The third kappa shape index (κ3) is 8.35. The van der Waals surface area contributed by atoms with Crippen LogP contribution in [0.4, 0.5) is 0 Å². The van der Waals surface area contributed by atoms with E-state index in [4.69, 9.17) is 4.74 Å². The van der Waals surface area contributed by atoms with E-state index in [2.05, 4.69) is 59.3 Å². The van der Waals surface area contributed by atoms with Crippen molar-refractivity contribution in [3.63, 3.8) is 0 Å². The molecule has 0 bridgehead atoms. The van der Waals surface area contributed by atoms with E-state index < -0.39 is 0 Å². The summed E-state index contributed by atoms with van der Waals surface area (Å²) in [6, 6.07) is 16.7. The van der Waals surface area contributed by atoms with Gasteiger partial charge in [0.15, 0.2) is 0 Å². The van der Waals surface area contributed by atoms with Crippen LogP contribution in [-0.4, -0.2) is 55.0 Å². The molecule has 1 aliphatic rings. The molecule has 1 fully saturated rings. The van der Waals surface area contributed by atoms with Crippen molar-refractivity contribution >= 4 is 5.91 Å². The fourth-order valence-electron chi connectivity index (χ4n) is 3.86. The lowest BCUT2D eigenvalue weighted by Gasteiger charge is -2.34. The Morgan fingerprint density at radius 1 is 0.968 bits per heavy atom. The minimum Gasteiger partial charge on any atom is -0.494 e. The number of hydrogen-bond donors (Lipinski definition) is 1. The molecule has 0 radical (unpaired) electrons. The Morgan fingerprint density at radius 3 is 2.39 bits per heavy atom. The van der Waals surface area contributed by atoms with Crippen molar-refractivity contribution in [3.05, 3.63) is 65.2 Å². The Morgan fingerprint density at radius 2 is 1.68 bits per heavy atom. The van der Waals surface area contributed by atoms with Crippen LogP contribution in [0.25, 0.3) is 0 Å². The number of hydrogen-bond acceptors (Lipinski definition) is 4. The third-order valence-corrected chi connectivity index (χ3v) is 5.89. The molecule has 0 atom stereocenters. The zero-order chi connectivity index (χ0) is 21.9. The number of piperazine rings is 1. The molecule has 168 valence electrons. The molecule has 1 amide bonds. The highest BCUT2D eigenvalue weighted by Gasteiger charge is 2.15. The monoisotopic (exact) mass is 423 g/mol. The van der Waals surface area contributed by atoms with Crippen LogP contribution >= 0.6 is 0 Å². The van der Waals surface area contributed by atoms with Crippen LogP contribution < -0.4 is 10.1 Å². The van der Waals surface area contributed by atoms with E-state index in [1.54, 1.807) is 0 Å². The molecule has 3 rings (SSSR count). The molecule has 0 aromatic heterocycles. The number of likely N-dealkylation sites (N-methyl/N-ethyl adjacent to an activating group) is 1. The predicted molar refractivity (Wildman–Crippen MR) is 126 cm³/mol. The highest BCUT2D eigenvalue weighted by Crippen LogP contribution is 2.13. The second-order valence-electron chi connectivity index (χ2n) is 8.43. The lowest BCUT2D eigenvalue weighted by atomic mass is 10.1. The van der Waals surface area contributed by atoms with E-state index in [-0.39, 0.29) is 5.91 Å². The van der Waals surface area contributed by atoms with Gasteiger partial charge in [-0.25, -0.2) is 0 Å². The standard InChI is InChI=1S/C26H37N3O2/c1-3-28-14-16-29(17-15-28)21-24-12-10-23(11-13-24)20-27-26(30)9-4-5-18-31-25-8-6-7-22(2)19-25/h6-8,10-13,19H,3-5,9,14-18,20-21H2,1-2H3,(H,27,30). The average Bonchev–Trinajstić information content (AvgIpc) is 2.79. The van der Waals surface area contributed by atoms with Crippen LogP contribution in [0, 0.1) is 6.92 Å². The molecule has 0 spiro atoms. The topological polar surface area (TPSA) is 44.8 Å². The Kier molecular flexibility index (Phi) is 9.38. The van der Waals surface area contributed by atoms with Gasteiger partial charge >= 0.3 is 0 Å². The normalized spacial score (nSPS) is 15.0. The van der Waals surface area contributed by atoms with Crippen LogP contribution in [0.15, 0.2) is 48.5 Å². The van der Waals surface area contributed by atoms with Gasteiger partial charge in [0.25, 0.3) is 0 Å². The van der Waals surface area contributed by atoms with Gasteiger partial charge in [0, 0.05) is 45.7 Å². The van der Waals surface area contributed by atoms with Gasteiger partial charge < -0.3 is 15.0 Å². The number of amides is 1. The lowest BCUT2D eigenvalue weighted by Crippen LogP contribution is -2.45. The summed E-state index contributed by atoms with van der Waals surface area (Å²) in [5.41, 5.74) is 3.68. The van der Waals surface area contributed by atoms with Crippen LogP contribution in [0.2, 0.25) is 0 Å². The summed E-state index contributed by atoms with van der Waals surface area (Å²) < 4.78 is 5.74. The maximum atomic E-state index is 12.1. The van der Waals surface area contributed by atoms with Crippen LogP contribution in [0.3, 0.4) is 0 Å². The van der Waals surface area contributed by atoms with Crippen molar-refractivity contribution in [3.8, 4) is 5.75 Å². The summed E-state index contributed by atoms with van der Waals surface area (Å²) in [6.45, 7) is 12.3. The van der Waals surface area contributed by atoms with Gasteiger partial charge in [-0.3, -0.25) is 9.69 Å². The van der Waals surface area contributed by atoms with Gasteiger partial charge in [-0.15, -0.1) is 0 Å². The molecular formula is C26H37N3O2. The molecule has 1 saturated heterocycles. The van der Waals surface area contributed by atoms with Crippen molar-refractivity contribution in [2.24, 2.45) is 0 Å². The molecule has 2 aromatic carbocycles. The summed E-state index contributed by atoms with van der Waals surface area (Å²) >= 11 is 0. The van der Waals surface area contributed by atoms with Crippen LogP contribution in [0.1, 0.15) is 42.9 Å². The Bertz CT molecular complexity index is 799. The van der Waals surface area contributed by atoms with Gasteiger partial charge in [-0.1, -0.05) is 43.3 Å². The zero-order valence-electron chi connectivity index (χ0n) is 19.1. The highest BCUT2D eigenvalue weighted by molar-refractivity contribution is 5.75. The molecule has 5 heteroatoms. The second-order valence-corrected chi connectivity index (χ2v) is 8.43. The Labute approximate surface area is 187 Å². The summed E-state index contributed by atoms with van der Waals surface area (Å²) in [5.74, 6) is 1.00. The van der Waals surface area contributed by atoms with Crippen molar-refractivity contribution < 1.29 is 9.53 Å². The quantitative estimate of drug-likeness (QED) is 0.555. The smallest absolute Gasteiger partial charge is 0.220 e. The second kappa shape index (κ2) is 12.5. The predicted octanol–water partition coefficient (Wildman–Crippen LogP) is 4.00. The van der Waals surface area contributed by atoms with Gasteiger partial charge in [-0.2, -0.15) is 0 Å². The van der Waals surface area contributed by atoms with E-state index >= 15 is 0 Å². The molecule has 1 aliphatic heterocycles. The van der Waals surface area contributed by atoms with E-state index in [1.165, 1.54) is 24.2 Å². The van der Waals surface area contributed by atoms with Crippen LogP contribution in [-0.2, 0) is 17.9 Å². The number of nitrogens with zero attached hydrogens (tertiary/aromatic N) is 2. The van der Waals surface area contributed by atoms with Crippen molar-refractivity contribution in [2.45, 2.75) is 46.2 Å². The van der Waals surface area contributed by atoms with Crippen LogP contribution in [0.5, 0.6) is 5.75 Å². The average molecular weight is 424 g/mol. The largest absolute Gasteiger partial charge is 0.494 e. The fraction of sp³-hybridized carbons (Fsp3) is 0.500. The minimum absolute atomic E-state index is 0.105. The van der Waals surface area contributed by atoms with E-state index in [9.17, 15) is 4.79 Å². The van der Waals surface area contributed by atoms with E-state index in [0.717, 1.165) is 50.3 Å². The molecule has 0 aliphatic carbocycles.